The third-order valence-corrected chi connectivity index (χ3v) is 3.83. The molecule has 1 N–H and O–H groups in total. The zero-order valence-electron chi connectivity index (χ0n) is 10.1. The minimum atomic E-state index is 0.937. The third-order valence-electron chi connectivity index (χ3n) is 3.45. The SMILES string of the molecule is CC(=CCl)CNCCC1CCC(C)CC1. The molecule has 1 aliphatic carbocycles. The fraction of sp³-hybridized carbons (Fsp3) is 0.846. The first-order valence-electron chi connectivity index (χ1n) is 6.19. The molecule has 0 aromatic carbocycles. The van der Waals surface area contributed by atoms with Crippen molar-refractivity contribution in [1.29, 1.82) is 0 Å². The van der Waals surface area contributed by atoms with Gasteiger partial charge >= 0.3 is 0 Å². The lowest BCUT2D eigenvalue weighted by Gasteiger charge is -2.26. The van der Waals surface area contributed by atoms with E-state index in [0.29, 0.717) is 0 Å². The van der Waals surface area contributed by atoms with Crippen LogP contribution in [0, 0.1) is 11.8 Å². The van der Waals surface area contributed by atoms with E-state index in [4.69, 9.17) is 11.6 Å². The Bertz CT molecular complexity index is 193. The molecule has 0 radical (unpaired) electrons. The maximum absolute atomic E-state index is 5.59. The van der Waals surface area contributed by atoms with Gasteiger partial charge in [-0.25, -0.2) is 0 Å². The van der Waals surface area contributed by atoms with Crippen molar-refractivity contribution >= 4 is 11.6 Å². The molecule has 0 aliphatic heterocycles. The standard InChI is InChI=1S/C13H24ClN/c1-11-3-5-13(6-4-11)7-8-15-10-12(2)9-14/h9,11,13,15H,3-8,10H2,1-2H3. The summed E-state index contributed by atoms with van der Waals surface area (Å²) in [5.74, 6) is 1.93. The summed E-state index contributed by atoms with van der Waals surface area (Å²) >= 11 is 5.59. The van der Waals surface area contributed by atoms with Gasteiger partial charge < -0.3 is 5.32 Å². The summed E-state index contributed by atoms with van der Waals surface area (Å²) in [6, 6.07) is 0. The lowest BCUT2D eigenvalue weighted by Crippen LogP contribution is -2.22. The molecule has 0 unspecified atom stereocenters. The van der Waals surface area contributed by atoms with Crippen LogP contribution in [0.2, 0.25) is 0 Å². The number of nitrogens with one attached hydrogen (secondary N) is 1. The first-order valence-corrected chi connectivity index (χ1v) is 6.62. The molecule has 15 heavy (non-hydrogen) atoms. The topological polar surface area (TPSA) is 12.0 Å². The van der Waals surface area contributed by atoms with Crippen LogP contribution in [0.1, 0.15) is 46.0 Å². The second-order valence-corrected chi connectivity index (χ2v) is 5.27. The quantitative estimate of drug-likeness (QED) is 0.705. The molecule has 2 heteroatoms. The average Bonchev–Trinajstić information content (AvgIpc) is 2.26. The first kappa shape index (κ1) is 13.1. The smallest absolute Gasteiger partial charge is 0.0173 e. The Balaban J connectivity index is 2.01. The highest BCUT2D eigenvalue weighted by Crippen LogP contribution is 2.29. The summed E-state index contributed by atoms with van der Waals surface area (Å²) in [7, 11) is 0. The summed E-state index contributed by atoms with van der Waals surface area (Å²) in [5, 5.41) is 3.44. The number of hydrogen-bond donors (Lipinski definition) is 1. The van der Waals surface area contributed by atoms with Gasteiger partial charge in [0.15, 0.2) is 0 Å². The molecule has 0 aromatic heterocycles. The van der Waals surface area contributed by atoms with Crippen LogP contribution in [-0.2, 0) is 0 Å². The monoisotopic (exact) mass is 229 g/mol. The second kappa shape index (κ2) is 7.29. The van der Waals surface area contributed by atoms with Crippen molar-refractivity contribution in [3.05, 3.63) is 11.1 Å². The molecule has 1 aliphatic rings. The van der Waals surface area contributed by atoms with Crippen LogP contribution < -0.4 is 5.32 Å². The van der Waals surface area contributed by atoms with E-state index in [9.17, 15) is 0 Å². The summed E-state index contributed by atoms with van der Waals surface area (Å²) in [5.41, 5.74) is 2.88. The highest BCUT2D eigenvalue weighted by atomic mass is 35.5. The van der Waals surface area contributed by atoms with Gasteiger partial charge in [0.25, 0.3) is 0 Å². The molecule has 0 spiro atoms. The summed E-state index contributed by atoms with van der Waals surface area (Å²) in [6.45, 7) is 6.51. The van der Waals surface area contributed by atoms with Gasteiger partial charge in [0, 0.05) is 12.1 Å². The van der Waals surface area contributed by atoms with Crippen molar-refractivity contribution in [1.82, 2.24) is 5.32 Å². The Morgan fingerprint density at radius 2 is 2.00 bits per heavy atom. The highest BCUT2D eigenvalue weighted by Gasteiger charge is 2.17. The van der Waals surface area contributed by atoms with E-state index >= 15 is 0 Å². The molecule has 88 valence electrons. The predicted molar refractivity (Wildman–Crippen MR) is 68.2 cm³/mol. The van der Waals surface area contributed by atoms with E-state index in [2.05, 4.69) is 19.2 Å². The van der Waals surface area contributed by atoms with E-state index in [1.54, 1.807) is 5.54 Å². The van der Waals surface area contributed by atoms with Crippen molar-refractivity contribution in [3.63, 3.8) is 0 Å². The molecule has 0 aromatic rings. The Labute approximate surface area is 99.3 Å². The Morgan fingerprint density at radius 1 is 1.33 bits per heavy atom. The maximum atomic E-state index is 5.59. The Kier molecular flexibility index (Phi) is 6.35. The zero-order valence-corrected chi connectivity index (χ0v) is 10.8. The molecule has 0 bridgehead atoms. The van der Waals surface area contributed by atoms with Crippen LogP contribution in [0.3, 0.4) is 0 Å². The molecule has 1 nitrogen and oxygen atoms in total. The lowest BCUT2D eigenvalue weighted by molar-refractivity contribution is 0.276. The molecule has 0 atom stereocenters. The van der Waals surface area contributed by atoms with Crippen molar-refractivity contribution in [3.8, 4) is 0 Å². The Hall–Kier alpha value is -0.0100. The summed E-state index contributed by atoms with van der Waals surface area (Å²) in [6.07, 6.45) is 7.08. The van der Waals surface area contributed by atoms with Gasteiger partial charge in [-0.1, -0.05) is 44.2 Å². The molecule has 0 saturated heterocycles. The summed E-state index contributed by atoms with van der Waals surface area (Å²) < 4.78 is 0. The summed E-state index contributed by atoms with van der Waals surface area (Å²) in [4.78, 5) is 0. The van der Waals surface area contributed by atoms with E-state index < -0.39 is 0 Å². The minimum absolute atomic E-state index is 0.937. The first-order chi connectivity index (χ1) is 7.22. The van der Waals surface area contributed by atoms with Crippen LogP contribution in [0.15, 0.2) is 11.1 Å². The van der Waals surface area contributed by atoms with Gasteiger partial charge in [-0.2, -0.15) is 0 Å². The molecule has 0 heterocycles. The van der Waals surface area contributed by atoms with Crippen molar-refractivity contribution in [2.24, 2.45) is 11.8 Å². The van der Waals surface area contributed by atoms with Crippen molar-refractivity contribution in [2.75, 3.05) is 13.1 Å². The average molecular weight is 230 g/mol. The van der Waals surface area contributed by atoms with Crippen LogP contribution in [0.25, 0.3) is 0 Å². The minimum Gasteiger partial charge on any atom is -0.313 e. The molecule has 1 saturated carbocycles. The fourth-order valence-corrected chi connectivity index (χ4v) is 2.33. The molecular formula is C13H24ClN. The zero-order chi connectivity index (χ0) is 11.1. The van der Waals surface area contributed by atoms with E-state index in [1.807, 2.05) is 0 Å². The van der Waals surface area contributed by atoms with E-state index in [0.717, 1.165) is 24.9 Å². The molecule has 1 fully saturated rings. The second-order valence-electron chi connectivity index (χ2n) is 5.05. The largest absolute Gasteiger partial charge is 0.313 e. The van der Waals surface area contributed by atoms with E-state index in [-0.39, 0.29) is 0 Å². The van der Waals surface area contributed by atoms with Crippen LogP contribution in [0.4, 0.5) is 0 Å². The third kappa shape index (κ3) is 5.58. The van der Waals surface area contributed by atoms with Crippen LogP contribution in [0.5, 0.6) is 0 Å². The molecule has 0 amide bonds. The van der Waals surface area contributed by atoms with Gasteiger partial charge in [0.1, 0.15) is 0 Å². The number of halogens is 1. The van der Waals surface area contributed by atoms with Crippen LogP contribution in [-0.4, -0.2) is 13.1 Å². The Morgan fingerprint density at radius 3 is 2.60 bits per heavy atom. The normalized spacial score (nSPS) is 28.1. The fourth-order valence-electron chi connectivity index (χ4n) is 2.25. The van der Waals surface area contributed by atoms with E-state index in [1.165, 1.54) is 37.7 Å². The van der Waals surface area contributed by atoms with Crippen LogP contribution >= 0.6 is 11.6 Å². The lowest BCUT2D eigenvalue weighted by atomic mass is 9.81. The van der Waals surface area contributed by atoms with Crippen molar-refractivity contribution in [2.45, 2.75) is 46.0 Å². The van der Waals surface area contributed by atoms with Gasteiger partial charge in [-0.15, -0.1) is 0 Å². The molecule has 1 rings (SSSR count). The van der Waals surface area contributed by atoms with Gasteiger partial charge in [-0.3, -0.25) is 0 Å². The molecular weight excluding hydrogens is 206 g/mol. The van der Waals surface area contributed by atoms with Crippen molar-refractivity contribution < 1.29 is 0 Å². The maximum Gasteiger partial charge on any atom is 0.0173 e. The highest BCUT2D eigenvalue weighted by molar-refractivity contribution is 6.25. The van der Waals surface area contributed by atoms with Gasteiger partial charge in [0.05, 0.1) is 0 Å². The number of rotatable bonds is 5. The van der Waals surface area contributed by atoms with Gasteiger partial charge in [0.2, 0.25) is 0 Å². The van der Waals surface area contributed by atoms with Gasteiger partial charge in [-0.05, 0) is 37.3 Å². The predicted octanol–water partition coefficient (Wildman–Crippen LogP) is 3.94. The number of hydrogen-bond acceptors (Lipinski definition) is 1.